The minimum absolute atomic E-state index is 0.334. The largest absolute Gasteiger partial charge is 0.497 e. The third kappa shape index (κ3) is 2.68. The van der Waals surface area contributed by atoms with Crippen LogP contribution in [0.4, 0.5) is 5.69 Å². The second-order valence-electron chi connectivity index (χ2n) is 4.09. The Labute approximate surface area is 121 Å². The summed E-state index contributed by atoms with van der Waals surface area (Å²) in [6, 6.07) is 6.39. The first-order chi connectivity index (χ1) is 9.87. The summed E-state index contributed by atoms with van der Waals surface area (Å²) in [6.45, 7) is 0. The Hall–Kier alpha value is -2.55. The Kier molecular flexibility index (Phi) is 3.85. The molecular formula is C12H13N3O5S. The van der Waals surface area contributed by atoms with Crippen molar-refractivity contribution in [3.05, 3.63) is 36.0 Å². The molecule has 0 aliphatic carbocycles. The van der Waals surface area contributed by atoms with Crippen LogP contribution in [-0.4, -0.2) is 43.8 Å². The maximum Gasteiger partial charge on any atom is 0.340 e. The van der Waals surface area contributed by atoms with Gasteiger partial charge < -0.3 is 9.84 Å². The number of aromatic nitrogens is 2. The van der Waals surface area contributed by atoms with Gasteiger partial charge in [-0.05, 0) is 12.1 Å². The molecule has 0 aliphatic heterocycles. The van der Waals surface area contributed by atoms with Crippen LogP contribution in [0.2, 0.25) is 0 Å². The molecular weight excluding hydrogens is 298 g/mol. The lowest BCUT2D eigenvalue weighted by atomic mass is 10.3. The van der Waals surface area contributed by atoms with E-state index in [9.17, 15) is 13.2 Å². The highest BCUT2D eigenvalue weighted by Crippen LogP contribution is 2.25. The van der Waals surface area contributed by atoms with E-state index in [1.54, 1.807) is 18.2 Å². The molecule has 0 atom stereocenters. The van der Waals surface area contributed by atoms with Crippen molar-refractivity contribution in [2.24, 2.45) is 0 Å². The Morgan fingerprint density at radius 2 is 2.14 bits per heavy atom. The second kappa shape index (κ2) is 5.44. The van der Waals surface area contributed by atoms with Crippen LogP contribution >= 0.6 is 0 Å². The third-order valence-corrected chi connectivity index (χ3v) is 4.63. The van der Waals surface area contributed by atoms with Gasteiger partial charge in [0.1, 0.15) is 11.3 Å². The standard InChI is InChI=1S/C12H13N3O5S/c1-15(8-4-3-5-9(6-8)20-2)21(18,19)11-10(12(16)17)7-13-14-11/h3-7H,1-2H3,(H,13,14)(H,16,17). The van der Waals surface area contributed by atoms with E-state index in [0.29, 0.717) is 11.4 Å². The van der Waals surface area contributed by atoms with Crippen LogP contribution in [0.15, 0.2) is 35.5 Å². The third-order valence-electron chi connectivity index (χ3n) is 2.87. The number of hydrogen-bond acceptors (Lipinski definition) is 5. The predicted octanol–water partition coefficient (Wildman–Crippen LogP) is 0.942. The van der Waals surface area contributed by atoms with E-state index < -0.39 is 26.6 Å². The number of nitrogens with zero attached hydrogens (tertiary/aromatic N) is 2. The minimum Gasteiger partial charge on any atom is -0.497 e. The number of nitrogens with one attached hydrogen (secondary N) is 1. The molecule has 0 saturated carbocycles. The van der Waals surface area contributed by atoms with Crippen LogP contribution in [0.25, 0.3) is 0 Å². The molecule has 0 radical (unpaired) electrons. The Morgan fingerprint density at radius 3 is 2.76 bits per heavy atom. The molecule has 0 amide bonds. The summed E-state index contributed by atoms with van der Waals surface area (Å²) in [6.07, 6.45) is 0.953. The number of benzene rings is 1. The Bertz CT molecular complexity index is 769. The highest BCUT2D eigenvalue weighted by Gasteiger charge is 2.29. The number of H-pyrrole nitrogens is 1. The molecule has 0 aliphatic rings. The van der Waals surface area contributed by atoms with Crippen molar-refractivity contribution >= 4 is 21.7 Å². The van der Waals surface area contributed by atoms with Crippen molar-refractivity contribution in [2.75, 3.05) is 18.5 Å². The monoisotopic (exact) mass is 311 g/mol. The predicted molar refractivity (Wildman–Crippen MR) is 74.1 cm³/mol. The number of methoxy groups -OCH3 is 1. The second-order valence-corrected chi connectivity index (χ2v) is 6.00. The average molecular weight is 311 g/mol. The number of rotatable bonds is 5. The van der Waals surface area contributed by atoms with Crippen molar-refractivity contribution < 1.29 is 23.1 Å². The Balaban J connectivity index is 2.47. The van der Waals surface area contributed by atoms with Crippen molar-refractivity contribution in [3.63, 3.8) is 0 Å². The number of carboxylic acid groups (broad SMARTS) is 1. The Morgan fingerprint density at radius 1 is 1.43 bits per heavy atom. The first kappa shape index (κ1) is 14.9. The van der Waals surface area contributed by atoms with Crippen molar-refractivity contribution in [2.45, 2.75) is 5.03 Å². The molecule has 2 aromatic rings. The van der Waals surface area contributed by atoms with E-state index in [4.69, 9.17) is 9.84 Å². The van der Waals surface area contributed by atoms with E-state index in [-0.39, 0.29) is 0 Å². The van der Waals surface area contributed by atoms with Gasteiger partial charge >= 0.3 is 5.97 Å². The summed E-state index contributed by atoms with van der Waals surface area (Å²) < 4.78 is 30.9. The zero-order chi connectivity index (χ0) is 15.6. The molecule has 1 heterocycles. The van der Waals surface area contributed by atoms with Gasteiger partial charge in [0.25, 0.3) is 10.0 Å². The van der Waals surface area contributed by atoms with Crippen LogP contribution in [0.1, 0.15) is 10.4 Å². The van der Waals surface area contributed by atoms with Gasteiger partial charge in [-0.25, -0.2) is 4.79 Å². The van der Waals surface area contributed by atoms with Gasteiger partial charge in [-0.3, -0.25) is 9.40 Å². The van der Waals surface area contributed by atoms with Crippen LogP contribution in [0.3, 0.4) is 0 Å². The van der Waals surface area contributed by atoms with E-state index in [0.717, 1.165) is 10.5 Å². The number of aromatic carboxylic acids is 1. The summed E-state index contributed by atoms with van der Waals surface area (Å²) in [4.78, 5) is 11.0. The zero-order valence-corrected chi connectivity index (χ0v) is 12.1. The topological polar surface area (TPSA) is 113 Å². The number of ether oxygens (including phenoxy) is 1. The minimum atomic E-state index is -4.07. The van der Waals surface area contributed by atoms with Gasteiger partial charge in [-0.15, -0.1) is 0 Å². The zero-order valence-electron chi connectivity index (χ0n) is 11.3. The molecule has 0 spiro atoms. The fraction of sp³-hybridized carbons (Fsp3) is 0.167. The van der Waals surface area contributed by atoms with Gasteiger partial charge in [0.05, 0.1) is 19.0 Å². The average Bonchev–Trinajstić information content (AvgIpc) is 2.97. The van der Waals surface area contributed by atoms with Crippen molar-refractivity contribution in [3.8, 4) is 5.75 Å². The van der Waals surface area contributed by atoms with Crippen LogP contribution in [0.5, 0.6) is 5.75 Å². The SMILES string of the molecule is COc1cccc(N(C)S(=O)(=O)c2[nH]ncc2C(=O)O)c1. The maximum absolute atomic E-state index is 12.5. The number of aromatic amines is 1. The number of carboxylic acids is 1. The van der Waals surface area contributed by atoms with Crippen LogP contribution < -0.4 is 9.04 Å². The van der Waals surface area contributed by atoms with Gasteiger partial charge in [-0.2, -0.15) is 13.5 Å². The molecule has 0 saturated heterocycles. The normalized spacial score (nSPS) is 11.1. The molecule has 0 fully saturated rings. The molecule has 2 rings (SSSR count). The lowest BCUT2D eigenvalue weighted by Crippen LogP contribution is -2.28. The van der Waals surface area contributed by atoms with Crippen LogP contribution in [0, 0.1) is 0 Å². The van der Waals surface area contributed by atoms with E-state index in [1.165, 1.54) is 20.2 Å². The van der Waals surface area contributed by atoms with Crippen molar-refractivity contribution in [1.82, 2.24) is 10.2 Å². The van der Waals surface area contributed by atoms with Crippen LogP contribution in [-0.2, 0) is 10.0 Å². The molecule has 1 aromatic heterocycles. The quantitative estimate of drug-likeness (QED) is 0.849. The fourth-order valence-corrected chi connectivity index (χ4v) is 2.96. The summed E-state index contributed by atoms with van der Waals surface area (Å²) >= 11 is 0. The molecule has 9 heteroatoms. The first-order valence-electron chi connectivity index (χ1n) is 5.77. The van der Waals surface area contributed by atoms with E-state index >= 15 is 0 Å². The number of anilines is 1. The van der Waals surface area contributed by atoms with Gasteiger partial charge in [0, 0.05) is 13.1 Å². The van der Waals surface area contributed by atoms with Gasteiger partial charge in [0.15, 0.2) is 5.03 Å². The molecule has 0 unspecified atom stereocenters. The molecule has 2 N–H and O–H groups in total. The molecule has 8 nitrogen and oxygen atoms in total. The lowest BCUT2D eigenvalue weighted by molar-refractivity contribution is 0.0692. The van der Waals surface area contributed by atoms with E-state index in [2.05, 4.69) is 10.2 Å². The van der Waals surface area contributed by atoms with E-state index in [1.807, 2.05) is 0 Å². The number of hydrogen-bond donors (Lipinski definition) is 2. The maximum atomic E-state index is 12.5. The summed E-state index contributed by atoms with van der Waals surface area (Å²) in [7, 11) is -1.29. The summed E-state index contributed by atoms with van der Waals surface area (Å²) in [5.41, 5.74) is -0.0787. The summed E-state index contributed by atoms with van der Waals surface area (Å²) in [5, 5.41) is 14.2. The molecule has 21 heavy (non-hydrogen) atoms. The molecule has 1 aromatic carbocycles. The molecule has 0 bridgehead atoms. The van der Waals surface area contributed by atoms with Gasteiger partial charge in [0.2, 0.25) is 0 Å². The van der Waals surface area contributed by atoms with Gasteiger partial charge in [-0.1, -0.05) is 6.07 Å². The highest BCUT2D eigenvalue weighted by atomic mass is 32.2. The smallest absolute Gasteiger partial charge is 0.340 e. The molecule has 112 valence electrons. The van der Waals surface area contributed by atoms with Crippen molar-refractivity contribution in [1.29, 1.82) is 0 Å². The fourth-order valence-electron chi connectivity index (χ4n) is 1.71. The lowest BCUT2D eigenvalue weighted by Gasteiger charge is -2.19. The summed E-state index contributed by atoms with van der Waals surface area (Å²) in [5.74, 6) is -0.890. The first-order valence-corrected chi connectivity index (χ1v) is 7.21. The highest BCUT2D eigenvalue weighted by molar-refractivity contribution is 7.92. The number of carbonyl (C=O) groups is 1. The number of sulfonamides is 1.